The lowest BCUT2D eigenvalue weighted by Gasteiger charge is -2.32. The summed E-state index contributed by atoms with van der Waals surface area (Å²) in [6, 6.07) is 16.0. The number of piperidine rings is 1. The van der Waals surface area contributed by atoms with E-state index in [2.05, 4.69) is 60.9 Å². The van der Waals surface area contributed by atoms with Gasteiger partial charge in [-0.05, 0) is 49.8 Å². The molecule has 3 heterocycles. The molecular weight excluding hydrogens is 352 g/mol. The van der Waals surface area contributed by atoms with Crippen LogP contribution in [0.3, 0.4) is 0 Å². The van der Waals surface area contributed by atoms with E-state index in [1.807, 2.05) is 13.0 Å². The van der Waals surface area contributed by atoms with E-state index in [9.17, 15) is 4.79 Å². The second kappa shape index (κ2) is 8.21. The predicted octanol–water partition coefficient (Wildman–Crippen LogP) is 3.22. The van der Waals surface area contributed by atoms with Crippen LogP contribution in [0.4, 0.5) is 11.6 Å². The van der Waals surface area contributed by atoms with Gasteiger partial charge in [-0.1, -0.05) is 30.3 Å². The smallest absolute Gasteiger partial charge is 0.277 e. The number of nitrogens with one attached hydrogen (secondary N) is 2. The predicted molar refractivity (Wildman–Crippen MR) is 108 cm³/mol. The number of hydrogen-bond donors (Lipinski definition) is 2. The molecule has 0 spiro atoms. The van der Waals surface area contributed by atoms with Gasteiger partial charge in [0.15, 0.2) is 17.3 Å². The molecule has 0 atom stereocenters. The summed E-state index contributed by atoms with van der Waals surface area (Å²) in [5, 5.41) is 17.9. The van der Waals surface area contributed by atoms with Gasteiger partial charge in [0.2, 0.25) is 0 Å². The van der Waals surface area contributed by atoms with Gasteiger partial charge in [-0.2, -0.15) is 5.10 Å². The minimum absolute atomic E-state index is 0.281. The Kier molecular flexibility index (Phi) is 5.32. The molecule has 4 rings (SSSR count). The van der Waals surface area contributed by atoms with Gasteiger partial charge in [-0.3, -0.25) is 9.89 Å². The van der Waals surface area contributed by atoms with E-state index in [4.69, 9.17) is 0 Å². The number of nitrogens with zero attached hydrogens (tertiary/aromatic N) is 4. The third-order valence-corrected chi connectivity index (χ3v) is 5.14. The summed E-state index contributed by atoms with van der Waals surface area (Å²) in [7, 11) is 0. The summed E-state index contributed by atoms with van der Waals surface area (Å²) >= 11 is 0. The topological polar surface area (TPSA) is 86.8 Å². The molecule has 2 N–H and O–H groups in total. The number of hydrogen-bond acceptors (Lipinski definition) is 5. The summed E-state index contributed by atoms with van der Waals surface area (Å²) in [5.41, 5.74) is 2.57. The van der Waals surface area contributed by atoms with Crippen LogP contribution in [-0.4, -0.2) is 39.4 Å². The van der Waals surface area contributed by atoms with Crippen LogP contribution < -0.4 is 10.2 Å². The molecule has 28 heavy (non-hydrogen) atoms. The van der Waals surface area contributed by atoms with Gasteiger partial charge in [0.05, 0.1) is 0 Å². The third-order valence-electron chi connectivity index (χ3n) is 5.14. The highest BCUT2D eigenvalue weighted by molar-refractivity contribution is 6.02. The zero-order valence-corrected chi connectivity index (χ0v) is 15.9. The van der Waals surface area contributed by atoms with Gasteiger partial charge in [-0.25, -0.2) is 0 Å². The molecule has 1 fully saturated rings. The van der Waals surface area contributed by atoms with Crippen LogP contribution in [0, 0.1) is 12.8 Å². The van der Waals surface area contributed by atoms with E-state index in [0.717, 1.165) is 43.9 Å². The zero-order chi connectivity index (χ0) is 19.3. The molecule has 7 heteroatoms. The summed E-state index contributed by atoms with van der Waals surface area (Å²) in [5.74, 6) is 1.69. The van der Waals surface area contributed by atoms with Crippen LogP contribution in [-0.2, 0) is 6.42 Å². The van der Waals surface area contributed by atoms with E-state index in [-0.39, 0.29) is 11.6 Å². The van der Waals surface area contributed by atoms with Crippen molar-refractivity contribution >= 4 is 17.5 Å². The monoisotopic (exact) mass is 376 g/mol. The molecule has 0 unspecified atom stereocenters. The van der Waals surface area contributed by atoms with E-state index in [1.165, 1.54) is 5.56 Å². The molecule has 0 aliphatic carbocycles. The molecule has 0 radical (unpaired) electrons. The molecule has 1 amide bonds. The molecule has 1 aromatic carbocycles. The first kappa shape index (κ1) is 18.2. The molecule has 0 saturated carbocycles. The van der Waals surface area contributed by atoms with Crippen molar-refractivity contribution < 1.29 is 4.79 Å². The normalized spacial score (nSPS) is 14.8. The van der Waals surface area contributed by atoms with Crippen molar-refractivity contribution in [2.75, 3.05) is 23.3 Å². The average Bonchev–Trinajstić information content (AvgIpc) is 3.14. The van der Waals surface area contributed by atoms with Gasteiger partial charge in [-0.15, -0.1) is 10.2 Å². The summed E-state index contributed by atoms with van der Waals surface area (Å²) in [4.78, 5) is 14.5. The molecule has 1 saturated heterocycles. The van der Waals surface area contributed by atoms with Crippen LogP contribution in [0.25, 0.3) is 0 Å². The van der Waals surface area contributed by atoms with E-state index in [0.29, 0.717) is 11.7 Å². The Bertz CT molecular complexity index is 914. The highest BCUT2D eigenvalue weighted by atomic mass is 16.2. The Morgan fingerprint density at radius 3 is 2.57 bits per heavy atom. The van der Waals surface area contributed by atoms with Crippen LogP contribution in [0.5, 0.6) is 0 Å². The van der Waals surface area contributed by atoms with Crippen molar-refractivity contribution in [1.82, 2.24) is 20.4 Å². The van der Waals surface area contributed by atoms with Crippen molar-refractivity contribution in [3.63, 3.8) is 0 Å². The van der Waals surface area contributed by atoms with Crippen molar-refractivity contribution in [2.24, 2.45) is 5.92 Å². The quantitative estimate of drug-likeness (QED) is 0.714. The highest BCUT2D eigenvalue weighted by Crippen LogP contribution is 2.24. The van der Waals surface area contributed by atoms with E-state index in [1.54, 1.807) is 12.1 Å². The number of carbonyl (C=O) groups is 1. The second-order valence-corrected chi connectivity index (χ2v) is 7.29. The van der Waals surface area contributed by atoms with Crippen LogP contribution in [0.15, 0.2) is 48.5 Å². The maximum atomic E-state index is 12.2. The number of rotatable bonds is 5. The Balaban J connectivity index is 1.31. The Labute approximate surface area is 164 Å². The van der Waals surface area contributed by atoms with Crippen LogP contribution in [0.1, 0.15) is 34.6 Å². The number of aromatic nitrogens is 4. The first-order valence-corrected chi connectivity index (χ1v) is 9.63. The zero-order valence-electron chi connectivity index (χ0n) is 15.9. The molecule has 144 valence electrons. The van der Waals surface area contributed by atoms with Gasteiger partial charge in [0.25, 0.3) is 5.91 Å². The number of carbonyl (C=O) groups excluding carboxylic acids is 1. The van der Waals surface area contributed by atoms with Crippen molar-refractivity contribution in [3.05, 3.63) is 65.5 Å². The van der Waals surface area contributed by atoms with Crippen LogP contribution >= 0.6 is 0 Å². The van der Waals surface area contributed by atoms with Crippen molar-refractivity contribution in [3.8, 4) is 0 Å². The second-order valence-electron chi connectivity index (χ2n) is 7.29. The lowest BCUT2D eigenvalue weighted by Crippen LogP contribution is -2.35. The highest BCUT2D eigenvalue weighted by Gasteiger charge is 2.21. The number of H-pyrrole nitrogens is 1. The minimum Gasteiger partial charge on any atom is -0.355 e. The number of aromatic amines is 1. The molecular formula is C21H24N6O. The standard InChI is InChI=1S/C21H24N6O/c1-15-13-19(25-23-15)22-21(28)18-7-8-20(26-24-18)27-11-9-17(10-12-27)14-16-5-3-2-4-6-16/h2-8,13,17H,9-12,14H2,1H3,(H2,22,23,25,28). The maximum Gasteiger partial charge on any atom is 0.277 e. The van der Waals surface area contributed by atoms with Crippen molar-refractivity contribution in [2.45, 2.75) is 26.2 Å². The molecule has 7 nitrogen and oxygen atoms in total. The first-order valence-electron chi connectivity index (χ1n) is 9.63. The maximum absolute atomic E-state index is 12.2. The Morgan fingerprint density at radius 2 is 1.93 bits per heavy atom. The number of benzene rings is 1. The van der Waals surface area contributed by atoms with E-state index < -0.39 is 0 Å². The van der Waals surface area contributed by atoms with Crippen molar-refractivity contribution in [1.29, 1.82) is 0 Å². The first-order chi connectivity index (χ1) is 13.7. The number of anilines is 2. The Morgan fingerprint density at radius 1 is 1.14 bits per heavy atom. The number of aryl methyl sites for hydroxylation is 1. The molecule has 2 aromatic heterocycles. The molecule has 0 bridgehead atoms. The molecule has 1 aliphatic rings. The van der Waals surface area contributed by atoms with Gasteiger partial charge < -0.3 is 10.2 Å². The largest absolute Gasteiger partial charge is 0.355 e. The molecule has 1 aliphatic heterocycles. The fourth-order valence-corrected chi connectivity index (χ4v) is 3.59. The van der Waals surface area contributed by atoms with Crippen LogP contribution in [0.2, 0.25) is 0 Å². The van der Waals surface area contributed by atoms with Gasteiger partial charge >= 0.3 is 0 Å². The fraction of sp³-hybridized carbons (Fsp3) is 0.333. The number of amides is 1. The van der Waals surface area contributed by atoms with Gasteiger partial charge in [0, 0.05) is 24.8 Å². The molecule has 3 aromatic rings. The lowest BCUT2D eigenvalue weighted by molar-refractivity contribution is 0.102. The Hall–Kier alpha value is -3.22. The van der Waals surface area contributed by atoms with E-state index >= 15 is 0 Å². The summed E-state index contributed by atoms with van der Waals surface area (Å²) < 4.78 is 0. The summed E-state index contributed by atoms with van der Waals surface area (Å²) in [6.45, 7) is 3.80. The lowest BCUT2D eigenvalue weighted by atomic mass is 9.90. The average molecular weight is 376 g/mol. The minimum atomic E-state index is -0.313. The van der Waals surface area contributed by atoms with Gasteiger partial charge in [0.1, 0.15) is 0 Å². The summed E-state index contributed by atoms with van der Waals surface area (Å²) in [6.07, 6.45) is 3.40. The fourth-order valence-electron chi connectivity index (χ4n) is 3.59. The SMILES string of the molecule is Cc1cc(NC(=O)c2ccc(N3CCC(Cc4ccccc4)CC3)nn2)n[nH]1. The third kappa shape index (κ3) is 4.36.